The molecular weight excluding hydrogens is 438 g/mol. The van der Waals surface area contributed by atoms with E-state index < -0.39 is 0 Å². The lowest BCUT2D eigenvalue weighted by molar-refractivity contribution is 0.0854. The fourth-order valence-electron chi connectivity index (χ4n) is 4.84. The first-order valence-corrected chi connectivity index (χ1v) is 12.0. The van der Waals surface area contributed by atoms with Gasteiger partial charge in [-0.2, -0.15) is 5.10 Å². The van der Waals surface area contributed by atoms with Crippen molar-refractivity contribution in [3.05, 3.63) is 65.7 Å². The number of carbonyl (C=O) groups is 1. The average Bonchev–Trinajstić information content (AvgIpc) is 3.61. The molecule has 2 N–H and O–H groups in total. The van der Waals surface area contributed by atoms with Gasteiger partial charge in [0.2, 0.25) is 11.6 Å². The van der Waals surface area contributed by atoms with E-state index in [0.717, 1.165) is 54.4 Å². The molecule has 1 fully saturated rings. The number of Topliss-reactive ketones (excluding diaryl/α,β-unsaturated/α-hetero) is 1. The molecule has 0 saturated heterocycles. The number of rotatable bonds is 7. The van der Waals surface area contributed by atoms with Crippen molar-refractivity contribution in [3.63, 3.8) is 0 Å². The predicted octanol–water partition coefficient (Wildman–Crippen LogP) is 4.65. The molecule has 2 aromatic carbocycles. The molecule has 35 heavy (non-hydrogen) atoms. The Morgan fingerprint density at radius 3 is 2.66 bits per heavy atom. The van der Waals surface area contributed by atoms with Crippen LogP contribution in [-0.4, -0.2) is 41.6 Å². The lowest BCUT2D eigenvalue weighted by atomic mass is 9.78. The van der Waals surface area contributed by atoms with E-state index in [9.17, 15) is 4.79 Å². The highest BCUT2D eigenvalue weighted by atomic mass is 16.1. The van der Waals surface area contributed by atoms with Gasteiger partial charge in [-0.15, -0.1) is 16.9 Å². The third kappa shape index (κ3) is 5.19. The monoisotopic (exact) mass is 465 g/mol. The minimum absolute atomic E-state index is 0.00466. The zero-order valence-electron chi connectivity index (χ0n) is 19.7. The van der Waals surface area contributed by atoms with Gasteiger partial charge in [0, 0.05) is 24.3 Å². The van der Waals surface area contributed by atoms with Crippen molar-refractivity contribution in [3.8, 4) is 34.4 Å². The van der Waals surface area contributed by atoms with Gasteiger partial charge in [0.05, 0.1) is 0 Å². The van der Waals surface area contributed by atoms with Gasteiger partial charge in [0.1, 0.15) is 5.82 Å². The summed E-state index contributed by atoms with van der Waals surface area (Å²) < 4.78 is 0. The van der Waals surface area contributed by atoms with Crippen LogP contribution >= 0.6 is 0 Å². The van der Waals surface area contributed by atoms with Crippen LogP contribution in [0, 0.1) is 23.7 Å². The molecule has 176 valence electrons. The quantitative estimate of drug-likeness (QED) is 0.304. The number of hydrogen-bond donors (Lipinski definition) is 2. The molecule has 1 saturated carbocycles. The largest absolute Gasteiger partial charge is 0.290 e. The molecule has 2 aromatic heterocycles. The number of carbonyl (C=O) groups excluding carboxylic acids is 1. The van der Waals surface area contributed by atoms with E-state index in [0.29, 0.717) is 29.8 Å². The average molecular weight is 466 g/mol. The molecule has 0 aliphatic heterocycles. The van der Waals surface area contributed by atoms with Crippen LogP contribution in [0.5, 0.6) is 0 Å². The van der Waals surface area contributed by atoms with Crippen LogP contribution in [-0.2, 0) is 6.42 Å². The Bertz CT molecular complexity index is 1350. The maximum atomic E-state index is 13.0. The molecule has 0 radical (unpaired) electrons. The molecule has 4 aromatic rings. The van der Waals surface area contributed by atoms with Crippen LogP contribution in [0.2, 0.25) is 0 Å². The molecule has 2 unspecified atom stereocenters. The molecule has 2 heterocycles. The van der Waals surface area contributed by atoms with Crippen molar-refractivity contribution in [1.29, 1.82) is 0 Å². The van der Waals surface area contributed by atoms with E-state index in [1.807, 2.05) is 31.2 Å². The van der Waals surface area contributed by atoms with E-state index in [2.05, 4.69) is 71.9 Å². The molecule has 5 rings (SSSR count). The van der Waals surface area contributed by atoms with Gasteiger partial charge in [0.15, 0.2) is 5.82 Å². The van der Waals surface area contributed by atoms with Gasteiger partial charge >= 0.3 is 0 Å². The molecule has 2 atom stereocenters. The zero-order valence-corrected chi connectivity index (χ0v) is 19.7. The minimum atomic E-state index is -0.00466. The summed E-state index contributed by atoms with van der Waals surface area (Å²) >= 11 is 0. The first kappa shape index (κ1) is 22.7. The van der Waals surface area contributed by atoms with E-state index in [-0.39, 0.29) is 11.7 Å². The van der Waals surface area contributed by atoms with E-state index in [4.69, 9.17) is 0 Å². The summed E-state index contributed by atoms with van der Waals surface area (Å²) in [6.07, 6.45) is 5.44. The Balaban J connectivity index is 1.26. The standard InChI is InChI=1S/C27H27N7O/c1-2-3-7-18-8-6-9-21(16-18)25(35)27-28-24(29-30-27)17-19-12-14-20(15-13-19)22-10-4-5-11-23(22)26-31-33-34-32-26/h4-5,10-15,18,21H,6-9,16-17H2,1H3,(H,28,29,30)(H,31,32,33,34). The van der Waals surface area contributed by atoms with Crippen LogP contribution in [0.1, 0.15) is 61.0 Å². The number of ketones is 1. The third-order valence-corrected chi connectivity index (χ3v) is 6.64. The number of aromatic nitrogens is 7. The summed E-state index contributed by atoms with van der Waals surface area (Å²) in [5.74, 6) is 8.30. The predicted molar refractivity (Wildman–Crippen MR) is 132 cm³/mol. The van der Waals surface area contributed by atoms with Crippen molar-refractivity contribution in [1.82, 2.24) is 35.8 Å². The number of benzene rings is 2. The van der Waals surface area contributed by atoms with E-state index in [1.54, 1.807) is 0 Å². The Labute approximate surface area is 204 Å². The number of H-pyrrole nitrogens is 2. The van der Waals surface area contributed by atoms with Gasteiger partial charge in [-0.1, -0.05) is 55.0 Å². The van der Waals surface area contributed by atoms with Crippen LogP contribution in [0.25, 0.3) is 22.5 Å². The first-order chi connectivity index (χ1) is 17.2. The summed E-state index contributed by atoms with van der Waals surface area (Å²) in [7, 11) is 0. The first-order valence-electron chi connectivity index (χ1n) is 12.0. The molecule has 8 heteroatoms. The Morgan fingerprint density at radius 2 is 1.89 bits per heavy atom. The number of tetrazole rings is 1. The van der Waals surface area contributed by atoms with Crippen LogP contribution in [0.4, 0.5) is 0 Å². The van der Waals surface area contributed by atoms with E-state index >= 15 is 0 Å². The fraction of sp³-hybridized carbons (Fsp3) is 0.333. The Morgan fingerprint density at radius 1 is 1.06 bits per heavy atom. The summed E-state index contributed by atoms with van der Waals surface area (Å²) in [6, 6.07) is 16.3. The molecule has 0 bridgehead atoms. The highest BCUT2D eigenvalue weighted by Crippen LogP contribution is 2.33. The van der Waals surface area contributed by atoms with Crippen LogP contribution in [0.3, 0.4) is 0 Å². The molecule has 0 amide bonds. The smallest absolute Gasteiger partial charge is 0.217 e. The molecule has 8 nitrogen and oxygen atoms in total. The molecule has 0 spiro atoms. The second kappa shape index (κ2) is 10.4. The second-order valence-corrected chi connectivity index (χ2v) is 9.00. The van der Waals surface area contributed by atoms with Crippen molar-refractivity contribution in [2.45, 2.75) is 45.4 Å². The zero-order chi connectivity index (χ0) is 24.0. The molecular formula is C27H27N7O. The summed E-state index contributed by atoms with van der Waals surface area (Å²) in [5, 5.41) is 21.5. The molecule has 1 aliphatic rings. The summed E-state index contributed by atoms with van der Waals surface area (Å²) in [4.78, 5) is 17.5. The second-order valence-electron chi connectivity index (χ2n) is 9.00. The van der Waals surface area contributed by atoms with Gasteiger partial charge in [-0.3, -0.25) is 9.89 Å². The van der Waals surface area contributed by atoms with Crippen molar-refractivity contribution in [2.75, 3.05) is 0 Å². The molecule has 1 aliphatic carbocycles. The van der Waals surface area contributed by atoms with Crippen molar-refractivity contribution >= 4 is 5.78 Å². The maximum absolute atomic E-state index is 13.0. The fourth-order valence-corrected chi connectivity index (χ4v) is 4.84. The summed E-state index contributed by atoms with van der Waals surface area (Å²) in [5.41, 5.74) is 4.13. The lowest BCUT2D eigenvalue weighted by Crippen LogP contribution is -2.24. The van der Waals surface area contributed by atoms with Crippen LogP contribution in [0.15, 0.2) is 48.5 Å². The van der Waals surface area contributed by atoms with Crippen molar-refractivity contribution < 1.29 is 4.79 Å². The minimum Gasteiger partial charge on any atom is -0.290 e. The Hall–Kier alpha value is -4.12. The van der Waals surface area contributed by atoms with Crippen LogP contribution < -0.4 is 0 Å². The third-order valence-electron chi connectivity index (χ3n) is 6.64. The highest BCUT2D eigenvalue weighted by Gasteiger charge is 2.29. The van der Waals surface area contributed by atoms with Gasteiger partial charge in [-0.25, -0.2) is 10.1 Å². The topological polar surface area (TPSA) is 113 Å². The lowest BCUT2D eigenvalue weighted by Gasteiger charge is -2.26. The van der Waals surface area contributed by atoms with Gasteiger partial charge in [0.25, 0.3) is 0 Å². The number of nitrogens with zero attached hydrogens (tertiary/aromatic N) is 5. The number of aromatic amines is 2. The van der Waals surface area contributed by atoms with Gasteiger partial charge < -0.3 is 0 Å². The van der Waals surface area contributed by atoms with Crippen molar-refractivity contribution in [2.24, 2.45) is 11.8 Å². The maximum Gasteiger partial charge on any atom is 0.217 e. The number of hydrogen-bond acceptors (Lipinski definition) is 6. The summed E-state index contributed by atoms with van der Waals surface area (Å²) in [6.45, 7) is 1.86. The normalized spacial score (nSPS) is 17.5. The Kier molecular flexibility index (Phi) is 6.75. The van der Waals surface area contributed by atoms with E-state index in [1.165, 1.54) is 0 Å². The SMILES string of the molecule is CC#CCC1CCCC(C(=O)c2n[nH]c(Cc3ccc(-c4ccccc4-c4nnn[nH]4)cc3)n2)C1. The number of nitrogens with one attached hydrogen (secondary N) is 2. The van der Waals surface area contributed by atoms with Gasteiger partial charge in [-0.05, 0) is 59.2 Å². The highest BCUT2D eigenvalue weighted by molar-refractivity contribution is 5.94.